The third-order valence-electron chi connectivity index (χ3n) is 6.70. The number of fused-ring (bicyclic) bond motifs is 1. The number of carbonyl (C=O) groups is 1. The highest BCUT2D eigenvalue weighted by Crippen LogP contribution is 2.45. The number of hydrogen-bond donors (Lipinski definition) is 0. The molecule has 11 heteroatoms. The number of benzene rings is 3. The normalized spacial score (nSPS) is 19.7. The van der Waals surface area contributed by atoms with Crippen molar-refractivity contribution in [2.75, 3.05) is 0 Å². The van der Waals surface area contributed by atoms with Crippen LogP contribution in [0.25, 0.3) is 6.08 Å². The van der Waals surface area contributed by atoms with Crippen LogP contribution in [0.3, 0.4) is 0 Å². The summed E-state index contributed by atoms with van der Waals surface area (Å²) in [5.41, 5.74) is 1.38. The molecule has 1 heterocycles. The Bertz CT molecular complexity index is 1470. The Hall–Kier alpha value is -4.80. The molecule has 5 rings (SSSR count). The second-order valence-corrected chi connectivity index (χ2v) is 9.10. The van der Waals surface area contributed by atoms with Crippen LogP contribution < -0.4 is 0 Å². The molecule has 0 bridgehead atoms. The number of carbonyl (C=O) groups excluding carboxylic acids is 1. The molecule has 0 unspecified atom stereocenters. The standard InChI is InChI=1S/C27H20F2N4O5/c28-20-8-4-16(5-9-20)12-18-2-1-3-24-25(18)30-31(26(24)17-6-10-21(29)11-7-17)27(34)19-13-22(32(35)36)15-23(14-19)33(37)38/h4-15,24,26H,1-3H2/b18-12+/t24-,26+/m1/s1. The molecule has 0 spiro atoms. The average Bonchev–Trinajstić information content (AvgIpc) is 3.30. The van der Waals surface area contributed by atoms with Crippen molar-refractivity contribution in [2.24, 2.45) is 11.0 Å². The molecule has 1 aliphatic carbocycles. The Morgan fingerprint density at radius 2 is 1.50 bits per heavy atom. The minimum Gasteiger partial charge on any atom is -0.267 e. The van der Waals surface area contributed by atoms with Gasteiger partial charge in [-0.3, -0.25) is 25.0 Å². The third kappa shape index (κ3) is 4.77. The first-order valence-electron chi connectivity index (χ1n) is 11.8. The van der Waals surface area contributed by atoms with Crippen LogP contribution in [0, 0.1) is 37.8 Å². The number of allylic oxidation sites excluding steroid dienone is 1. The summed E-state index contributed by atoms with van der Waals surface area (Å²) < 4.78 is 27.1. The van der Waals surface area contributed by atoms with Crippen LogP contribution in [0.2, 0.25) is 0 Å². The molecule has 1 amide bonds. The van der Waals surface area contributed by atoms with E-state index in [-0.39, 0.29) is 17.3 Å². The van der Waals surface area contributed by atoms with Gasteiger partial charge in [-0.1, -0.05) is 24.3 Å². The van der Waals surface area contributed by atoms with Gasteiger partial charge in [0.25, 0.3) is 17.3 Å². The monoisotopic (exact) mass is 518 g/mol. The van der Waals surface area contributed by atoms with Gasteiger partial charge in [0, 0.05) is 18.1 Å². The topological polar surface area (TPSA) is 119 Å². The zero-order valence-corrected chi connectivity index (χ0v) is 19.8. The van der Waals surface area contributed by atoms with Crippen LogP contribution >= 0.6 is 0 Å². The number of hydrazone groups is 1. The Morgan fingerprint density at radius 1 is 0.921 bits per heavy atom. The fraction of sp³-hybridized carbons (Fsp3) is 0.185. The van der Waals surface area contributed by atoms with Gasteiger partial charge in [-0.15, -0.1) is 0 Å². The van der Waals surface area contributed by atoms with E-state index in [1.807, 2.05) is 6.08 Å². The molecule has 1 fully saturated rings. The minimum atomic E-state index is -0.805. The van der Waals surface area contributed by atoms with Crippen molar-refractivity contribution in [2.45, 2.75) is 25.3 Å². The van der Waals surface area contributed by atoms with Gasteiger partial charge in [-0.25, -0.2) is 13.8 Å². The third-order valence-corrected chi connectivity index (χ3v) is 6.70. The van der Waals surface area contributed by atoms with E-state index in [0.717, 1.165) is 35.8 Å². The number of nitrogens with zero attached hydrogens (tertiary/aromatic N) is 4. The predicted molar refractivity (Wildman–Crippen MR) is 134 cm³/mol. The molecule has 0 aromatic heterocycles. The quantitative estimate of drug-likeness (QED) is 0.293. The molecule has 2 atom stereocenters. The lowest BCUT2D eigenvalue weighted by Crippen LogP contribution is -2.32. The van der Waals surface area contributed by atoms with E-state index < -0.39 is 39.0 Å². The van der Waals surface area contributed by atoms with Gasteiger partial charge in [-0.05, 0) is 66.3 Å². The van der Waals surface area contributed by atoms with Crippen molar-refractivity contribution in [1.29, 1.82) is 0 Å². The second kappa shape index (κ2) is 9.92. The molecule has 192 valence electrons. The first kappa shape index (κ1) is 24.9. The highest BCUT2D eigenvalue weighted by atomic mass is 19.1. The maximum atomic E-state index is 13.7. The lowest BCUT2D eigenvalue weighted by molar-refractivity contribution is -0.394. The summed E-state index contributed by atoms with van der Waals surface area (Å²) >= 11 is 0. The van der Waals surface area contributed by atoms with Crippen LogP contribution in [-0.2, 0) is 0 Å². The molecule has 1 aliphatic heterocycles. The van der Waals surface area contributed by atoms with Crippen molar-refractivity contribution in [3.8, 4) is 0 Å². The number of nitro groups is 2. The van der Waals surface area contributed by atoms with Crippen molar-refractivity contribution in [1.82, 2.24) is 5.01 Å². The molecular weight excluding hydrogens is 498 g/mol. The summed E-state index contributed by atoms with van der Waals surface area (Å²) in [5.74, 6) is -1.85. The van der Waals surface area contributed by atoms with E-state index >= 15 is 0 Å². The van der Waals surface area contributed by atoms with Gasteiger partial charge in [0.05, 0.1) is 33.2 Å². The largest absolute Gasteiger partial charge is 0.277 e. The van der Waals surface area contributed by atoms with Crippen molar-refractivity contribution in [3.05, 3.63) is 121 Å². The molecule has 3 aromatic rings. The van der Waals surface area contributed by atoms with E-state index in [2.05, 4.69) is 5.10 Å². The number of non-ortho nitro benzene ring substituents is 2. The van der Waals surface area contributed by atoms with Crippen molar-refractivity contribution >= 4 is 29.1 Å². The smallest absolute Gasteiger partial charge is 0.267 e. The van der Waals surface area contributed by atoms with Gasteiger partial charge in [0.15, 0.2) is 0 Å². The van der Waals surface area contributed by atoms with E-state index in [9.17, 15) is 33.8 Å². The number of hydrogen-bond acceptors (Lipinski definition) is 6. The first-order valence-corrected chi connectivity index (χ1v) is 11.8. The molecular formula is C27H20F2N4O5. The molecule has 3 aromatic carbocycles. The maximum absolute atomic E-state index is 13.7. The number of nitro benzene ring substituents is 2. The highest BCUT2D eigenvalue weighted by Gasteiger charge is 2.44. The average molecular weight is 518 g/mol. The van der Waals surface area contributed by atoms with Crippen LogP contribution in [-0.4, -0.2) is 26.5 Å². The van der Waals surface area contributed by atoms with Crippen molar-refractivity contribution < 1.29 is 23.4 Å². The fourth-order valence-electron chi connectivity index (χ4n) is 4.98. The van der Waals surface area contributed by atoms with Crippen LogP contribution in [0.1, 0.15) is 46.8 Å². The number of amides is 1. The van der Waals surface area contributed by atoms with Gasteiger partial charge in [0.1, 0.15) is 11.6 Å². The molecule has 0 radical (unpaired) electrons. The molecule has 9 nitrogen and oxygen atoms in total. The lowest BCUT2D eigenvalue weighted by Gasteiger charge is -2.29. The first-order chi connectivity index (χ1) is 18.2. The summed E-state index contributed by atoms with van der Waals surface area (Å²) in [7, 11) is 0. The Morgan fingerprint density at radius 3 is 2.08 bits per heavy atom. The Labute approximate surface area is 215 Å². The van der Waals surface area contributed by atoms with Gasteiger partial charge in [0.2, 0.25) is 0 Å². The Balaban J connectivity index is 1.61. The molecule has 1 saturated carbocycles. The summed E-state index contributed by atoms with van der Waals surface area (Å²) in [6, 6.07) is 13.7. The molecule has 0 saturated heterocycles. The maximum Gasteiger partial charge on any atom is 0.277 e. The molecule has 0 N–H and O–H groups in total. The fourth-order valence-corrected chi connectivity index (χ4v) is 4.98. The molecule has 2 aliphatic rings. The van der Waals surface area contributed by atoms with Crippen molar-refractivity contribution in [3.63, 3.8) is 0 Å². The second-order valence-electron chi connectivity index (χ2n) is 9.10. The van der Waals surface area contributed by atoms with E-state index in [1.165, 1.54) is 29.3 Å². The van der Waals surface area contributed by atoms with Gasteiger partial charge in [-0.2, -0.15) is 5.10 Å². The summed E-state index contributed by atoms with van der Waals surface area (Å²) in [6.45, 7) is 0. The summed E-state index contributed by atoms with van der Waals surface area (Å²) in [6.07, 6.45) is 3.98. The van der Waals surface area contributed by atoms with E-state index in [1.54, 1.807) is 24.3 Å². The molecule has 38 heavy (non-hydrogen) atoms. The van der Waals surface area contributed by atoms with Crippen LogP contribution in [0.15, 0.2) is 77.4 Å². The van der Waals surface area contributed by atoms with Crippen LogP contribution in [0.4, 0.5) is 20.2 Å². The number of rotatable bonds is 5. The predicted octanol–water partition coefficient (Wildman–Crippen LogP) is 6.22. The van der Waals surface area contributed by atoms with E-state index in [0.29, 0.717) is 24.1 Å². The van der Waals surface area contributed by atoms with Crippen LogP contribution in [0.5, 0.6) is 0 Å². The van der Waals surface area contributed by atoms with E-state index in [4.69, 9.17) is 0 Å². The van der Waals surface area contributed by atoms with Gasteiger partial charge < -0.3 is 0 Å². The summed E-state index contributed by atoms with van der Waals surface area (Å²) in [5, 5.41) is 28.6. The number of halogens is 2. The van der Waals surface area contributed by atoms with Gasteiger partial charge >= 0.3 is 0 Å². The Kier molecular flexibility index (Phi) is 6.50. The zero-order chi connectivity index (χ0) is 27.0. The highest BCUT2D eigenvalue weighted by molar-refractivity contribution is 6.09. The zero-order valence-electron chi connectivity index (χ0n) is 19.8. The summed E-state index contributed by atoms with van der Waals surface area (Å²) in [4.78, 5) is 34.9. The minimum absolute atomic E-state index is 0.259. The lowest BCUT2D eigenvalue weighted by atomic mass is 9.77. The SMILES string of the molecule is O=C(c1cc([N+](=O)[O-])cc([N+](=O)[O-])c1)N1N=C2/C(=C/c3ccc(F)cc3)CCC[C@H]2[C@@H]1c1ccc(F)cc1.